The largest absolute Gasteiger partial charge is 0.383 e. The number of likely N-dealkylation sites (tertiary alicyclic amines) is 1. The van der Waals surface area contributed by atoms with Crippen molar-refractivity contribution in [2.24, 2.45) is 0 Å². The van der Waals surface area contributed by atoms with E-state index < -0.39 is 0 Å². The van der Waals surface area contributed by atoms with Crippen LogP contribution in [-0.2, 0) is 20.9 Å². The van der Waals surface area contributed by atoms with Gasteiger partial charge in [0.2, 0.25) is 5.91 Å². The highest BCUT2D eigenvalue weighted by Gasteiger charge is 2.22. The molecule has 2 rings (SSSR count). The van der Waals surface area contributed by atoms with Gasteiger partial charge in [-0.3, -0.25) is 4.79 Å². The molecule has 0 unspecified atom stereocenters. The second kappa shape index (κ2) is 11.9. The lowest BCUT2D eigenvalue weighted by molar-refractivity contribution is -0.133. The summed E-state index contributed by atoms with van der Waals surface area (Å²) < 4.78 is 10.9. The molecule has 5 nitrogen and oxygen atoms in total. The molecule has 1 amide bonds. The maximum atomic E-state index is 12.1. The normalized spacial score (nSPS) is 15.1. The summed E-state index contributed by atoms with van der Waals surface area (Å²) in [6.07, 6.45) is 1.88. The van der Waals surface area contributed by atoms with Crippen LogP contribution in [0.1, 0.15) is 18.4 Å². The Labute approximate surface area is 165 Å². The van der Waals surface area contributed by atoms with Crippen LogP contribution in [0.4, 0.5) is 0 Å². The summed E-state index contributed by atoms with van der Waals surface area (Å²) in [5.74, 6) is 0.133. The van der Waals surface area contributed by atoms with E-state index in [0.717, 1.165) is 31.5 Å². The summed E-state index contributed by atoms with van der Waals surface area (Å²) in [6.45, 7) is 3.63. The van der Waals surface area contributed by atoms with Crippen molar-refractivity contribution >= 4 is 41.5 Å². The number of nitrogens with zero attached hydrogens (tertiary/aromatic N) is 1. The Morgan fingerprint density at radius 2 is 2.00 bits per heavy atom. The number of methoxy groups -OCH3 is 1. The first kappa shape index (κ1) is 22.5. The third-order valence-corrected chi connectivity index (χ3v) is 4.76. The Morgan fingerprint density at radius 1 is 1.28 bits per heavy atom. The van der Waals surface area contributed by atoms with Crippen LogP contribution in [0.15, 0.2) is 18.2 Å². The lowest BCUT2D eigenvalue weighted by Gasteiger charge is -2.32. The van der Waals surface area contributed by atoms with Crippen molar-refractivity contribution in [3.05, 3.63) is 33.8 Å². The van der Waals surface area contributed by atoms with E-state index in [1.165, 1.54) is 0 Å². The molecule has 8 heteroatoms. The van der Waals surface area contributed by atoms with Gasteiger partial charge in [-0.2, -0.15) is 0 Å². The van der Waals surface area contributed by atoms with Crippen molar-refractivity contribution < 1.29 is 14.3 Å². The lowest BCUT2D eigenvalue weighted by atomic mass is 10.1. The Hall–Kier alpha value is -0.560. The van der Waals surface area contributed by atoms with Gasteiger partial charge in [-0.15, -0.1) is 12.4 Å². The highest BCUT2D eigenvalue weighted by molar-refractivity contribution is 6.42. The van der Waals surface area contributed by atoms with Gasteiger partial charge in [-0.1, -0.05) is 29.3 Å². The number of benzene rings is 1. The molecule has 1 aromatic rings. The molecule has 25 heavy (non-hydrogen) atoms. The van der Waals surface area contributed by atoms with Crippen LogP contribution in [0.5, 0.6) is 0 Å². The highest BCUT2D eigenvalue weighted by atomic mass is 35.5. The highest BCUT2D eigenvalue weighted by Crippen LogP contribution is 2.23. The predicted octanol–water partition coefficient (Wildman–Crippen LogP) is 3.16. The van der Waals surface area contributed by atoms with Crippen LogP contribution in [-0.4, -0.2) is 56.8 Å². The van der Waals surface area contributed by atoms with Crippen LogP contribution in [0.3, 0.4) is 0 Å². The van der Waals surface area contributed by atoms with E-state index in [-0.39, 0.29) is 24.4 Å². The summed E-state index contributed by atoms with van der Waals surface area (Å²) in [5.41, 5.74) is 1.00. The molecule has 0 aliphatic carbocycles. The average Bonchev–Trinajstić information content (AvgIpc) is 2.60. The van der Waals surface area contributed by atoms with Crippen molar-refractivity contribution in [1.29, 1.82) is 0 Å². The quantitative estimate of drug-likeness (QED) is 0.668. The Balaban J connectivity index is 0.00000312. The number of halogens is 3. The molecule has 0 saturated carbocycles. The molecule has 1 aliphatic rings. The summed E-state index contributed by atoms with van der Waals surface area (Å²) >= 11 is 11.9. The van der Waals surface area contributed by atoms with Gasteiger partial charge in [0.15, 0.2) is 0 Å². The summed E-state index contributed by atoms with van der Waals surface area (Å²) in [4.78, 5) is 14.0. The molecule has 1 saturated heterocycles. The van der Waals surface area contributed by atoms with Gasteiger partial charge in [0, 0.05) is 26.7 Å². The standard InChI is InChI=1S/C17H24Cl2N2O3.ClH/c1-23-9-6-20-11-17(22)21-7-4-14(5-8-21)24-12-13-2-3-15(18)16(19)10-13;/h2-3,10,14,20H,4-9,11-12H2,1H3;1H. The van der Waals surface area contributed by atoms with Crippen LogP contribution in [0, 0.1) is 0 Å². The third-order valence-electron chi connectivity index (χ3n) is 4.02. The zero-order valence-electron chi connectivity index (χ0n) is 14.3. The molecular weight excluding hydrogens is 387 g/mol. The second-order valence-corrected chi connectivity index (χ2v) is 6.62. The molecule has 0 atom stereocenters. The summed E-state index contributed by atoms with van der Waals surface area (Å²) in [5, 5.41) is 4.17. The predicted molar refractivity (Wildman–Crippen MR) is 103 cm³/mol. The maximum absolute atomic E-state index is 12.1. The first-order chi connectivity index (χ1) is 11.6. The molecule has 1 aliphatic heterocycles. The van der Waals surface area contributed by atoms with Gasteiger partial charge in [0.05, 0.1) is 35.9 Å². The second-order valence-electron chi connectivity index (χ2n) is 5.81. The number of amides is 1. The van der Waals surface area contributed by atoms with Gasteiger partial charge in [0.25, 0.3) is 0 Å². The number of carbonyl (C=O) groups is 1. The van der Waals surface area contributed by atoms with Crippen molar-refractivity contribution in [3.63, 3.8) is 0 Å². The van der Waals surface area contributed by atoms with E-state index in [2.05, 4.69) is 5.32 Å². The van der Waals surface area contributed by atoms with Gasteiger partial charge in [-0.05, 0) is 30.5 Å². The first-order valence-electron chi connectivity index (χ1n) is 8.13. The number of hydrogen-bond acceptors (Lipinski definition) is 4. The topological polar surface area (TPSA) is 50.8 Å². The van der Waals surface area contributed by atoms with Crippen molar-refractivity contribution in [2.75, 3.05) is 39.9 Å². The molecule has 1 N–H and O–H groups in total. The Morgan fingerprint density at radius 3 is 2.64 bits per heavy atom. The summed E-state index contributed by atoms with van der Waals surface area (Å²) in [6, 6.07) is 5.52. The first-order valence-corrected chi connectivity index (χ1v) is 8.88. The van der Waals surface area contributed by atoms with Crippen LogP contribution in [0.2, 0.25) is 10.0 Å². The molecule has 0 radical (unpaired) electrons. The maximum Gasteiger partial charge on any atom is 0.236 e. The van der Waals surface area contributed by atoms with E-state index in [1.807, 2.05) is 17.0 Å². The number of hydrogen-bond donors (Lipinski definition) is 1. The number of piperidine rings is 1. The van der Waals surface area contributed by atoms with Crippen LogP contribution >= 0.6 is 35.6 Å². The smallest absolute Gasteiger partial charge is 0.236 e. The van der Waals surface area contributed by atoms with E-state index in [4.69, 9.17) is 32.7 Å². The average molecular weight is 412 g/mol. The Kier molecular flexibility index (Phi) is 10.7. The molecule has 0 aromatic heterocycles. The van der Waals surface area contributed by atoms with Crippen LogP contribution in [0.25, 0.3) is 0 Å². The molecule has 1 heterocycles. The van der Waals surface area contributed by atoms with Crippen molar-refractivity contribution in [1.82, 2.24) is 10.2 Å². The molecule has 0 spiro atoms. The van der Waals surface area contributed by atoms with Gasteiger partial charge < -0.3 is 19.7 Å². The molecule has 1 aromatic carbocycles. The number of ether oxygens (including phenoxy) is 2. The summed E-state index contributed by atoms with van der Waals surface area (Å²) in [7, 11) is 1.65. The molecule has 1 fully saturated rings. The van der Waals surface area contributed by atoms with E-state index in [9.17, 15) is 4.79 Å². The minimum absolute atomic E-state index is 0. The van der Waals surface area contributed by atoms with E-state index in [1.54, 1.807) is 13.2 Å². The Bertz CT molecular complexity index is 538. The fourth-order valence-electron chi connectivity index (χ4n) is 2.60. The minimum atomic E-state index is 0. The van der Waals surface area contributed by atoms with E-state index >= 15 is 0 Å². The van der Waals surface area contributed by atoms with Gasteiger partial charge in [0.1, 0.15) is 0 Å². The SMILES string of the molecule is COCCNCC(=O)N1CCC(OCc2ccc(Cl)c(Cl)c2)CC1.Cl. The molecule has 142 valence electrons. The van der Waals surface area contributed by atoms with Crippen molar-refractivity contribution in [3.8, 4) is 0 Å². The fraction of sp³-hybridized carbons (Fsp3) is 0.588. The zero-order valence-corrected chi connectivity index (χ0v) is 16.6. The minimum Gasteiger partial charge on any atom is -0.383 e. The van der Waals surface area contributed by atoms with Gasteiger partial charge in [-0.25, -0.2) is 0 Å². The number of rotatable bonds is 8. The van der Waals surface area contributed by atoms with Crippen molar-refractivity contribution in [2.45, 2.75) is 25.6 Å². The van der Waals surface area contributed by atoms with Gasteiger partial charge >= 0.3 is 0 Å². The zero-order chi connectivity index (χ0) is 17.4. The monoisotopic (exact) mass is 410 g/mol. The van der Waals surface area contributed by atoms with E-state index in [0.29, 0.717) is 36.3 Å². The third kappa shape index (κ3) is 7.69. The van der Waals surface area contributed by atoms with Crippen LogP contribution < -0.4 is 5.32 Å². The molecular formula is C17H25Cl3N2O3. The molecule has 0 bridgehead atoms. The number of nitrogens with one attached hydrogen (secondary N) is 1. The fourth-order valence-corrected chi connectivity index (χ4v) is 2.92. The lowest BCUT2D eigenvalue weighted by Crippen LogP contribution is -2.44. The number of carbonyl (C=O) groups excluding carboxylic acids is 1.